The normalized spacial score (nSPS) is 22.6. The molecule has 2 aliphatic rings. The van der Waals surface area contributed by atoms with Gasteiger partial charge in [0.25, 0.3) is 0 Å². The number of rotatable bonds is 6. The van der Waals surface area contributed by atoms with Crippen molar-refractivity contribution in [3.63, 3.8) is 0 Å². The van der Waals surface area contributed by atoms with Crippen molar-refractivity contribution in [2.24, 2.45) is 0 Å². The van der Waals surface area contributed by atoms with Crippen molar-refractivity contribution >= 4 is 22.6 Å². The quantitative estimate of drug-likeness (QED) is 0.584. The molecule has 5 rings (SSSR count). The molecule has 33 heavy (non-hydrogen) atoms. The van der Waals surface area contributed by atoms with E-state index < -0.39 is 5.54 Å². The average Bonchev–Trinajstić information content (AvgIpc) is 3.46. The highest BCUT2D eigenvalue weighted by molar-refractivity contribution is 5.86. The highest BCUT2D eigenvalue weighted by Crippen LogP contribution is 2.34. The van der Waals surface area contributed by atoms with Gasteiger partial charge in [-0.1, -0.05) is 60.7 Å². The lowest BCUT2D eigenvalue weighted by Gasteiger charge is -2.30. The number of benzene rings is 3. The van der Waals surface area contributed by atoms with Gasteiger partial charge in [0.1, 0.15) is 5.82 Å². The minimum atomic E-state index is -0.401. The van der Waals surface area contributed by atoms with E-state index >= 15 is 0 Å². The molecule has 0 radical (unpaired) electrons. The lowest BCUT2D eigenvalue weighted by atomic mass is 9.83. The maximum Gasteiger partial charge on any atom is 0.222 e. The predicted molar refractivity (Wildman–Crippen MR) is 127 cm³/mol. The van der Waals surface area contributed by atoms with Crippen LogP contribution in [0, 0.1) is 5.82 Å². The van der Waals surface area contributed by atoms with Crippen LogP contribution in [0.1, 0.15) is 49.1 Å². The van der Waals surface area contributed by atoms with Crippen molar-refractivity contribution in [1.29, 1.82) is 0 Å². The number of hydrogen-bond acceptors (Lipinski definition) is 2. The summed E-state index contributed by atoms with van der Waals surface area (Å²) < 4.78 is 14.2. The number of amides is 2. The minimum absolute atomic E-state index is 0.0472. The van der Waals surface area contributed by atoms with Gasteiger partial charge in [0.2, 0.25) is 11.8 Å². The van der Waals surface area contributed by atoms with Crippen molar-refractivity contribution in [2.45, 2.75) is 50.0 Å². The third kappa shape index (κ3) is 4.50. The molecule has 0 unspecified atom stereocenters. The Bertz CT molecular complexity index is 1190. The van der Waals surface area contributed by atoms with Crippen LogP contribution in [-0.4, -0.2) is 35.3 Å². The number of carbonyl (C=O) groups is 2. The van der Waals surface area contributed by atoms with E-state index in [2.05, 4.69) is 35.6 Å². The molecule has 5 heteroatoms. The Balaban J connectivity index is 1.28. The summed E-state index contributed by atoms with van der Waals surface area (Å²) in [6.07, 6.45) is 3.73. The standard InChI is InChI=1S/C28H29FN2O2/c29-25-11-4-3-10-24(25)22-14-17-31(19-22)27(33)13-16-28(15-12-26(32)30-28)18-21-8-5-7-20-6-1-2-9-23(20)21/h1-11,22H,12-19H2,(H,30,32)/t22-,28+/m0/s1. The van der Waals surface area contributed by atoms with E-state index in [1.54, 1.807) is 6.07 Å². The molecule has 2 saturated heterocycles. The molecule has 3 aromatic rings. The Kier molecular flexibility index (Phi) is 5.88. The summed E-state index contributed by atoms with van der Waals surface area (Å²) in [6.45, 7) is 1.21. The molecule has 0 spiro atoms. The predicted octanol–water partition coefficient (Wildman–Crippen LogP) is 4.97. The number of fused-ring (bicyclic) bond motifs is 1. The molecule has 2 aliphatic heterocycles. The monoisotopic (exact) mass is 444 g/mol. The van der Waals surface area contributed by atoms with Gasteiger partial charge >= 0.3 is 0 Å². The zero-order valence-electron chi connectivity index (χ0n) is 18.7. The van der Waals surface area contributed by atoms with E-state index in [0.29, 0.717) is 44.3 Å². The van der Waals surface area contributed by atoms with Gasteiger partial charge in [-0.25, -0.2) is 4.39 Å². The highest BCUT2D eigenvalue weighted by atomic mass is 19.1. The van der Waals surface area contributed by atoms with Gasteiger partial charge in [-0.2, -0.15) is 0 Å². The number of nitrogens with one attached hydrogen (secondary N) is 1. The molecule has 0 bridgehead atoms. The Morgan fingerprint density at radius 3 is 2.67 bits per heavy atom. The topological polar surface area (TPSA) is 49.4 Å². The van der Waals surface area contributed by atoms with Crippen LogP contribution >= 0.6 is 0 Å². The van der Waals surface area contributed by atoms with Crippen molar-refractivity contribution in [3.8, 4) is 0 Å². The largest absolute Gasteiger partial charge is 0.350 e. The summed E-state index contributed by atoms with van der Waals surface area (Å²) in [5.41, 5.74) is 1.49. The van der Waals surface area contributed by atoms with Crippen LogP contribution in [0.2, 0.25) is 0 Å². The summed E-state index contributed by atoms with van der Waals surface area (Å²) in [6, 6.07) is 21.4. The van der Waals surface area contributed by atoms with Gasteiger partial charge in [-0.3, -0.25) is 9.59 Å². The van der Waals surface area contributed by atoms with E-state index in [9.17, 15) is 14.0 Å². The van der Waals surface area contributed by atoms with E-state index in [4.69, 9.17) is 0 Å². The van der Waals surface area contributed by atoms with Gasteiger partial charge in [0.05, 0.1) is 0 Å². The Morgan fingerprint density at radius 2 is 1.85 bits per heavy atom. The fraction of sp³-hybridized carbons (Fsp3) is 0.357. The van der Waals surface area contributed by atoms with E-state index in [-0.39, 0.29) is 23.5 Å². The SMILES string of the molecule is O=C1CC[C@@](CCC(=O)N2CC[C@H](c3ccccc3F)C2)(Cc2cccc3ccccc23)N1. The van der Waals surface area contributed by atoms with Crippen LogP contribution in [0.5, 0.6) is 0 Å². The van der Waals surface area contributed by atoms with Crippen molar-refractivity contribution in [3.05, 3.63) is 83.7 Å². The van der Waals surface area contributed by atoms with Gasteiger partial charge in [0.15, 0.2) is 0 Å². The van der Waals surface area contributed by atoms with Gasteiger partial charge in [-0.15, -0.1) is 0 Å². The van der Waals surface area contributed by atoms with Crippen molar-refractivity contribution < 1.29 is 14.0 Å². The zero-order valence-corrected chi connectivity index (χ0v) is 18.7. The van der Waals surface area contributed by atoms with E-state index in [1.165, 1.54) is 22.4 Å². The van der Waals surface area contributed by atoms with Gasteiger partial charge < -0.3 is 10.2 Å². The molecular weight excluding hydrogens is 415 g/mol. The zero-order chi connectivity index (χ0) is 22.8. The fourth-order valence-electron chi connectivity index (χ4n) is 5.54. The summed E-state index contributed by atoms with van der Waals surface area (Å²) in [7, 11) is 0. The number of carbonyl (C=O) groups excluding carboxylic acids is 2. The Morgan fingerprint density at radius 1 is 1.06 bits per heavy atom. The van der Waals surface area contributed by atoms with Crippen LogP contribution in [0.3, 0.4) is 0 Å². The first-order valence-corrected chi connectivity index (χ1v) is 11.8. The molecule has 0 saturated carbocycles. The molecule has 1 N–H and O–H groups in total. The third-order valence-corrected chi connectivity index (χ3v) is 7.35. The summed E-state index contributed by atoms with van der Waals surface area (Å²) in [5.74, 6) is 0.00115. The fourth-order valence-corrected chi connectivity index (χ4v) is 5.54. The van der Waals surface area contributed by atoms with E-state index in [0.717, 1.165) is 12.8 Å². The van der Waals surface area contributed by atoms with Crippen LogP contribution in [0.15, 0.2) is 66.7 Å². The summed E-state index contributed by atoms with van der Waals surface area (Å²) in [5, 5.41) is 5.59. The molecule has 2 amide bonds. The summed E-state index contributed by atoms with van der Waals surface area (Å²) in [4.78, 5) is 27.1. The highest BCUT2D eigenvalue weighted by Gasteiger charge is 2.39. The van der Waals surface area contributed by atoms with Crippen molar-refractivity contribution in [1.82, 2.24) is 10.2 Å². The summed E-state index contributed by atoms with van der Waals surface area (Å²) >= 11 is 0. The van der Waals surface area contributed by atoms with Gasteiger partial charge in [-0.05, 0) is 53.6 Å². The van der Waals surface area contributed by atoms with Crippen LogP contribution < -0.4 is 5.32 Å². The number of halogens is 1. The van der Waals surface area contributed by atoms with Crippen LogP contribution in [-0.2, 0) is 16.0 Å². The van der Waals surface area contributed by atoms with Crippen LogP contribution in [0.25, 0.3) is 10.8 Å². The van der Waals surface area contributed by atoms with Crippen molar-refractivity contribution in [2.75, 3.05) is 13.1 Å². The number of nitrogens with zero attached hydrogens (tertiary/aromatic N) is 1. The molecule has 2 fully saturated rings. The first kappa shape index (κ1) is 21.6. The second-order valence-corrected chi connectivity index (χ2v) is 9.49. The second kappa shape index (κ2) is 8.97. The molecule has 4 nitrogen and oxygen atoms in total. The lowest BCUT2D eigenvalue weighted by molar-refractivity contribution is -0.131. The molecular formula is C28H29FN2O2. The molecule has 3 aromatic carbocycles. The van der Waals surface area contributed by atoms with E-state index in [1.807, 2.05) is 29.2 Å². The third-order valence-electron chi connectivity index (χ3n) is 7.35. The minimum Gasteiger partial charge on any atom is -0.350 e. The van der Waals surface area contributed by atoms with Gasteiger partial charge in [0, 0.05) is 37.4 Å². The first-order chi connectivity index (χ1) is 16.0. The Hall–Kier alpha value is -3.21. The maximum atomic E-state index is 14.2. The molecule has 170 valence electrons. The number of likely N-dealkylation sites (tertiary alicyclic amines) is 1. The lowest BCUT2D eigenvalue weighted by Crippen LogP contribution is -2.44. The molecule has 2 atom stereocenters. The molecule has 0 aliphatic carbocycles. The maximum absolute atomic E-state index is 14.2. The number of hydrogen-bond donors (Lipinski definition) is 1. The molecule has 0 aromatic heterocycles. The first-order valence-electron chi connectivity index (χ1n) is 11.8. The second-order valence-electron chi connectivity index (χ2n) is 9.49. The smallest absolute Gasteiger partial charge is 0.222 e. The average molecular weight is 445 g/mol. The Labute approximate surface area is 193 Å². The molecule has 2 heterocycles. The van der Waals surface area contributed by atoms with Crippen LogP contribution in [0.4, 0.5) is 4.39 Å².